The molecule has 18 heavy (non-hydrogen) atoms. The van der Waals surface area contributed by atoms with Gasteiger partial charge in [0.1, 0.15) is 0 Å². The molecule has 4 heteroatoms. The molecule has 0 aromatic heterocycles. The molecular formula is C14H22N2O2. The summed E-state index contributed by atoms with van der Waals surface area (Å²) in [6.07, 6.45) is 0.998. The predicted molar refractivity (Wildman–Crippen MR) is 73.9 cm³/mol. The van der Waals surface area contributed by atoms with Crippen molar-refractivity contribution in [1.29, 1.82) is 0 Å². The molecule has 0 aliphatic rings. The van der Waals surface area contributed by atoms with Crippen LogP contribution in [0.2, 0.25) is 0 Å². The van der Waals surface area contributed by atoms with E-state index in [1.165, 1.54) is 0 Å². The van der Waals surface area contributed by atoms with E-state index in [0.29, 0.717) is 5.56 Å². The Morgan fingerprint density at radius 2 is 2.00 bits per heavy atom. The number of benzene rings is 1. The van der Waals surface area contributed by atoms with Gasteiger partial charge in [-0.3, -0.25) is 4.79 Å². The molecule has 0 saturated carbocycles. The van der Waals surface area contributed by atoms with Crippen LogP contribution in [0, 0.1) is 0 Å². The van der Waals surface area contributed by atoms with Gasteiger partial charge in [-0.2, -0.15) is 0 Å². The van der Waals surface area contributed by atoms with E-state index < -0.39 is 5.54 Å². The van der Waals surface area contributed by atoms with Crippen LogP contribution in [0.4, 0.5) is 5.69 Å². The molecule has 4 nitrogen and oxygen atoms in total. The lowest BCUT2D eigenvalue weighted by molar-refractivity contribution is 0.0870. The Kier molecular flexibility index (Phi) is 5.16. The SMILES string of the molecule is CCCNc1ccccc1C(=O)NC(C)(C)CO. The summed E-state index contributed by atoms with van der Waals surface area (Å²) in [5.74, 6) is -0.173. The summed E-state index contributed by atoms with van der Waals surface area (Å²) < 4.78 is 0. The molecule has 0 unspecified atom stereocenters. The molecule has 0 aliphatic heterocycles. The van der Waals surface area contributed by atoms with Gasteiger partial charge < -0.3 is 15.7 Å². The van der Waals surface area contributed by atoms with Crippen molar-refractivity contribution >= 4 is 11.6 Å². The maximum Gasteiger partial charge on any atom is 0.253 e. The lowest BCUT2D eigenvalue weighted by atomic mass is 10.1. The number of amides is 1. The van der Waals surface area contributed by atoms with Crippen LogP contribution in [0.3, 0.4) is 0 Å². The van der Waals surface area contributed by atoms with Crippen molar-refractivity contribution in [3.8, 4) is 0 Å². The first kappa shape index (κ1) is 14.5. The minimum absolute atomic E-state index is 0.0940. The molecular weight excluding hydrogens is 228 g/mol. The zero-order chi connectivity index (χ0) is 13.6. The van der Waals surface area contributed by atoms with E-state index in [1.807, 2.05) is 18.2 Å². The van der Waals surface area contributed by atoms with Crippen LogP contribution in [0.1, 0.15) is 37.6 Å². The van der Waals surface area contributed by atoms with Gasteiger partial charge in [0, 0.05) is 12.2 Å². The van der Waals surface area contributed by atoms with Crippen molar-refractivity contribution in [2.75, 3.05) is 18.5 Å². The molecule has 1 aromatic carbocycles. The number of hydrogen-bond acceptors (Lipinski definition) is 3. The summed E-state index contributed by atoms with van der Waals surface area (Å²) in [4.78, 5) is 12.1. The first-order valence-corrected chi connectivity index (χ1v) is 6.26. The standard InChI is InChI=1S/C14H22N2O2/c1-4-9-15-12-8-6-5-7-11(12)13(18)16-14(2,3)10-17/h5-8,15,17H,4,9-10H2,1-3H3,(H,16,18). The summed E-state index contributed by atoms with van der Waals surface area (Å²) in [7, 11) is 0. The quantitative estimate of drug-likeness (QED) is 0.723. The van der Waals surface area contributed by atoms with Gasteiger partial charge in [0.15, 0.2) is 0 Å². The normalized spacial score (nSPS) is 11.1. The number of carbonyl (C=O) groups excluding carboxylic acids is 1. The number of anilines is 1. The lowest BCUT2D eigenvalue weighted by Crippen LogP contribution is -2.46. The highest BCUT2D eigenvalue weighted by molar-refractivity contribution is 5.99. The van der Waals surface area contributed by atoms with Crippen LogP contribution in [0.5, 0.6) is 0 Å². The summed E-state index contributed by atoms with van der Waals surface area (Å²) >= 11 is 0. The number of aliphatic hydroxyl groups excluding tert-OH is 1. The largest absolute Gasteiger partial charge is 0.394 e. The second-order valence-electron chi connectivity index (χ2n) is 4.97. The third-order valence-electron chi connectivity index (χ3n) is 2.58. The van der Waals surface area contributed by atoms with E-state index in [-0.39, 0.29) is 12.5 Å². The molecule has 0 fully saturated rings. The van der Waals surface area contributed by atoms with Crippen LogP contribution in [-0.4, -0.2) is 29.7 Å². The number of rotatable bonds is 6. The number of para-hydroxylation sites is 1. The van der Waals surface area contributed by atoms with Crippen molar-refractivity contribution in [2.45, 2.75) is 32.7 Å². The Labute approximate surface area is 108 Å². The Morgan fingerprint density at radius 1 is 1.33 bits per heavy atom. The molecule has 0 atom stereocenters. The van der Waals surface area contributed by atoms with Gasteiger partial charge in [-0.25, -0.2) is 0 Å². The Morgan fingerprint density at radius 3 is 2.61 bits per heavy atom. The number of aliphatic hydroxyl groups is 1. The topological polar surface area (TPSA) is 61.4 Å². The van der Waals surface area contributed by atoms with E-state index >= 15 is 0 Å². The van der Waals surface area contributed by atoms with Crippen LogP contribution in [0.25, 0.3) is 0 Å². The van der Waals surface area contributed by atoms with Crippen molar-refractivity contribution in [1.82, 2.24) is 5.32 Å². The van der Waals surface area contributed by atoms with E-state index in [9.17, 15) is 9.90 Å². The molecule has 100 valence electrons. The van der Waals surface area contributed by atoms with Crippen molar-refractivity contribution in [3.63, 3.8) is 0 Å². The van der Waals surface area contributed by atoms with Crippen LogP contribution < -0.4 is 10.6 Å². The van der Waals surface area contributed by atoms with Gasteiger partial charge >= 0.3 is 0 Å². The van der Waals surface area contributed by atoms with Gasteiger partial charge in [-0.15, -0.1) is 0 Å². The van der Waals surface area contributed by atoms with Crippen LogP contribution >= 0.6 is 0 Å². The van der Waals surface area contributed by atoms with Gasteiger partial charge in [0.05, 0.1) is 17.7 Å². The van der Waals surface area contributed by atoms with Gasteiger partial charge in [-0.1, -0.05) is 19.1 Å². The second-order valence-corrected chi connectivity index (χ2v) is 4.97. The highest BCUT2D eigenvalue weighted by atomic mass is 16.3. The zero-order valence-electron chi connectivity index (χ0n) is 11.3. The second kappa shape index (κ2) is 6.40. The zero-order valence-corrected chi connectivity index (χ0v) is 11.3. The average Bonchev–Trinajstić information content (AvgIpc) is 2.36. The summed E-state index contributed by atoms with van der Waals surface area (Å²) in [6.45, 7) is 6.38. The maximum absolute atomic E-state index is 12.1. The molecule has 0 saturated heterocycles. The van der Waals surface area contributed by atoms with Gasteiger partial charge in [-0.05, 0) is 32.4 Å². The summed E-state index contributed by atoms with van der Waals surface area (Å²) in [5.41, 5.74) is 0.813. The van der Waals surface area contributed by atoms with Crippen LogP contribution in [-0.2, 0) is 0 Å². The van der Waals surface area contributed by atoms with Gasteiger partial charge in [0.25, 0.3) is 5.91 Å². The molecule has 1 aromatic rings. The Balaban J connectivity index is 2.85. The fourth-order valence-electron chi connectivity index (χ4n) is 1.51. The molecule has 0 aliphatic carbocycles. The highest BCUT2D eigenvalue weighted by Gasteiger charge is 2.21. The van der Waals surface area contributed by atoms with Crippen molar-refractivity contribution in [3.05, 3.63) is 29.8 Å². The van der Waals surface area contributed by atoms with E-state index in [1.54, 1.807) is 19.9 Å². The van der Waals surface area contributed by atoms with Crippen molar-refractivity contribution < 1.29 is 9.90 Å². The molecule has 0 spiro atoms. The van der Waals surface area contributed by atoms with E-state index in [2.05, 4.69) is 17.6 Å². The molecule has 1 amide bonds. The molecule has 0 radical (unpaired) electrons. The molecule has 3 N–H and O–H groups in total. The first-order valence-electron chi connectivity index (χ1n) is 6.26. The Bertz CT molecular complexity index is 403. The van der Waals surface area contributed by atoms with Gasteiger partial charge in [0.2, 0.25) is 0 Å². The Hall–Kier alpha value is -1.55. The molecule has 0 heterocycles. The summed E-state index contributed by atoms with van der Waals surface area (Å²) in [6, 6.07) is 7.39. The van der Waals surface area contributed by atoms with E-state index in [4.69, 9.17) is 0 Å². The smallest absolute Gasteiger partial charge is 0.253 e. The maximum atomic E-state index is 12.1. The van der Waals surface area contributed by atoms with E-state index in [0.717, 1.165) is 18.7 Å². The first-order chi connectivity index (χ1) is 8.50. The molecule has 1 rings (SSSR count). The fraction of sp³-hybridized carbons (Fsp3) is 0.500. The minimum Gasteiger partial charge on any atom is -0.394 e. The van der Waals surface area contributed by atoms with Crippen molar-refractivity contribution in [2.24, 2.45) is 0 Å². The number of hydrogen-bond donors (Lipinski definition) is 3. The third-order valence-corrected chi connectivity index (χ3v) is 2.58. The summed E-state index contributed by atoms with van der Waals surface area (Å²) in [5, 5.41) is 15.2. The predicted octanol–water partition coefficient (Wildman–Crippen LogP) is 2.01. The monoisotopic (exact) mass is 250 g/mol. The lowest BCUT2D eigenvalue weighted by Gasteiger charge is -2.24. The molecule has 0 bridgehead atoms. The number of nitrogens with one attached hydrogen (secondary N) is 2. The fourth-order valence-corrected chi connectivity index (χ4v) is 1.51. The van der Waals surface area contributed by atoms with Crippen LogP contribution in [0.15, 0.2) is 24.3 Å². The minimum atomic E-state index is -0.616. The third kappa shape index (κ3) is 4.04. The average molecular weight is 250 g/mol. The number of carbonyl (C=O) groups is 1. The highest BCUT2D eigenvalue weighted by Crippen LogP contribution is 2.16.